The number of fused-ring (bicyclic) bond motifs is 1. The van der Waals surface area contributed by atoms with E-state index in [9.17, 15) is 0 Å². The number of nitrogens with zero attached hydrogens (tertiary/aromatic N) is 1. The second-order valence-corrected chi connectivity index (χ2v) is 8.47. The van der Waals surface area contributed by atoms with Crippen LogP contribution in [0.5, 0.6) is 5.75 Å². The quantitative estimate of drug-likeness (QED) is 0.629. The minimum absolute atomic E-state index is 0.283. The molecule has 1 aromatic heterocycles. The van der Waals surface area contributed by atoms with Crippen molar-refractivity contribution in [2.24, 2.45) is 5.73 Å². The van der Waals surface area contributed by atoms with Gasteiger partial charge in [-0.3, -0.25) is 10.3 Å². The van der Waals surface area contributed by atoms with Crippen molar-refractivity contribution in [2.75, 3.05) is 7.11 Å². The highest BCUT2D eigenvalue weighted by molar-refractivity contribution is 9.10. The number of benzene rings is 2. The molecule has 0 amide bonds. The average molecular weight is 436 g/mol. The van der Waals surface area contributed by atoms with E-state index in [2.05, 4.69) is 63.7 Å². The van der Waals surface area contributed by atoms with E-state index in [1.165, 1.54) is 18.4 Å². The highest BCUT2D eigenvalue weighted by Crippen LogP contribution is 2.49. The Bertz CT molecular complexity index is 1050. The van der Waals surface area contributed by atoms with Gasteiger partial charge in [0.25, 0.3) is 0 Å². The normalized spacial score (nSPS) is 23.5. The van der Waals surface area contributed by atoms with Gasteiger partial charge in [-0.25, -0.2) is 0 Å². The summed E-state index contributed by atoms with van der Waals surface area (Å²) in [6.07, 6.45) is 3.99. The van der Waals surface area contributed by atoms with Gasteiger partial charge in [0, 0.05) is 16.2 Å². The first-order valence-corrected chi connectivity index (χ1v) is 10.4. The summed E-state index contributed by atoms with van der Waals surface area (Å²) in [5, 5.41) is 3.67. The lowest BCUT2D eigenvalue weighted by molar-refractivity contribution is 0.407. The van der Waals surface area contributed by atoms with Gasteiger partial charge >= 0.3 is 0 Å². The number of rotatable bonds is 4. The fourth-order valence-electron chi connectivity index (χ4n) is 4.37. The summed E-state index contributed by atoms with van der Waals surface area (Å²) in [7, 11) is 1.74. The summed E-state index contributed by atoms with van der Waals surface area (Å²) in [4.78, 5) is 4.79. The van der Waals surface area contributed by atoms with Crippen LogP contribution in [0.4, 0.5) is 0 Å². The maximum atomic E-state index is 6.51. The molecule has 0 bridgehead atoms. The third kappa shape index (κ3) is 2.69. The number of ether oxygens (including phenoxy) is 1. The maximum Gasteiger partial charge on any atom is 0.122 e. The highest BCUT2D eigenvalue weighted by Gasteiger charge is 2.47. The van der Waals surface area contributed by atoms with E-state index in [-0.39, 0.29) is 6.17 Å². The molecule has 0 radical (unpaired) electrons. The van der Waals surface area contributed by atoms with Gasteiger partial charge in [0.15, 0.2) is 0 Å². The number of pyridine rings is 1. The van der Waals surface area contributed by atoms with Crippen LogP contribution in [0.15, 0.2) is 65.3 Å². The van der Waals surface area contributed by atoms with E-state index in [0.717, 1.165) is 32.6 Å². The predicted molar refractivity (Wildman–Crippen MR) is 113 cm³/mol. The topological polar surface area (TPSA) is 60.2 Å². The average Bonchev–Trinajstić information content (AvgIpc) is 3.52. The zero-order chi connectivity index (χ0) is 19.3. The minimum Gasteiger partial charge on any atom is -0.496 e. The van der Waals surface area contributed by atoms with Crippen molar-refractivity contribution in [1.82, 2.24) is 10.3 Å². The molecule has 2 aliphatic rings. The Balaban J connectivity index is 1.79. The molecular weight excluding hydrogens is 414 g/mol. The van der Waals surface area contributed by atoms with Crippen molar-refractivity contribution in [1.29, 1.82) is 0 Å². The maximum absolute atomic E-state index is 6.51. The van der Waals surface area contributed by atoms with Crippen LogP contribution in [-0.2, 0) is 5.54 Å². The Morgan fingerprint density at radius 1 is 1.07 bits per heavy atom. The van der Waals surface area contributed by atoms with E-state index < -0.39 is 5.54 Å². The van der Waals surface area contributed by atoms with Gasteiger partial charge in [0.2, 0.25) is 0 Å². The van der Waals surface area contributed by atoms with Gasteiger partial charge in [-0.15, -0.1) is 0 Å². The molecule has 2 aromatic carbocycles. The number of hydrogen-bond acceptors (Lipinski definition) is 4. The molecule has 3 N–H and O–H groups in total. The number of halogens is 1. The number of methoxy groups -OCH3 is 1. The fraction of sp³-hybridized carbons (Fsp3) is 0.261. The molecule has 1 saturated carbocycles. The lowest BCUT2D eigenvalue weighted by Gasteiger charge is -2.33. The lowest BCUT2D eigenvalue weighted by atomic mass is 9.79. The predicted octanol–water partition coefficient (Wildman–Crippen LogP) is 4.58. The van der Waals surface area contributed by atoms with Crippen LogP contribution < -0.4 is 15.8 Å². The Kier molecular flexibility index (Phi) is 4.27. The molecule has 0 spiro atoms. The zero-order valence-electron chi connectivity index (χ0n) is 15.7. The molecule has 28 heavy (non-hydrogen) atoms. The van der Waals surface area contributed by atoms with Crippen molar-refractivity contribution < 1.29 is 4.74 Å². The molecule has 0 saturated heterocycles. The third-order valence-corrected chi connectivity index (χ3v) is 6.33. The fourth-order valence-corrected chi connectivity index (χ4v) is 4.77. The zero-order valence-corrected chi connectivity index (χ0v) is 17.2. The van der Waals surface area contributed by atoms with Crippen LogP contribution >= 0.6 is 15.9 Å². The molecule has 1 aliphatic heterocycles. The van der Waals surface area contributed by atoms with E-state index in [4.69, 9.17) is 15.5 Å². The molecule has 2 heterocycles. The van der Waals surface area contributed by atoms with E-state index in [1.807, 2.05) is 18.3 Å². The first-order valence-electron chi connectivity index (χ1n) is 9.56. The third-order valence-electron chi connectivity index (χ3n) is 5.84. The summed E-state index contributed by atoms with van der Waals surface area (Å²) in [5.41, 5.74) is 11.4. The molecule has 5 heteroatoms. The Morgan fingerprint density at radius 3 is 2.64 bits per heavy atom. The monoisotopic (exact) mass is 435 g/mol. The van der Waals surface area contributed by atoms with Crippen molar-refractivity contribution in [3.05, 3.63) is 93.2 Å². The number of aromatic nitrogens is 1. The second-order valence-electron chi connectivity index (χ2n) is 7.55. The van der Waals surface area contributed by atoms with Crippen molar-refractivity contribution >= 4 is 15.9 Å². The van der Waals surface area contributed by atoms with E-state index in [0.29, 0.717) is 5.92 Å². The van der Waals surface area contributed by atoms with Crippen LogP contribution in [0.3, 0.4) is 0 Å². The molecule has 1 fully saturated rings. The SMILES string of the molecule is COc1ccc(C2(c3cccc(Br)c3)NC(N)c3cccnc32)cc1C1CC1. The van der Waals surface area contributed by atoms with Gasteiger partial charge in [0.05, 0.1) is 19.0 Å². The van der Waals surface area contributed by atoms with Crippen LogP contribution in [0, 0.1) is 0 Å². The van der Waals surface area contributed by atoms with Crippen molar-refractivity contribution in [2.45, 2.75) is 30.5 Å². The number of nitrogens with one attached hydrogen (secondary N) is 1. The molecule has 2 atom stereocenters. The van der Waals surface area contributed by atoms with Gasteiger partial charge < -0.3 is 10.5 Å². The lowest BCUT2D eigenvalue weighted by Crippen LogP contribution is -2.43. The van der Waals surface area contributed by atoms with E-state index in [1.54, 1.807) is 7.11 Å². The van der Waals surface area contributed by atoms with E-state index >= 15 is 0 Å². The molecule has 3 aromatic rings. The van der Waals surface area contributed by atoms with Crippen molar-refractivity contribution in [3.63, 3.8) is 0 Å². The number of hydrogen-bond donors (Lipinski definition) is 2. The molecule has 4 nitrogen and oxygen atoms in total. The molecule has 1 aliphatic carbocycles. The molecule has 142 valence electrons. The largest absolute Gasteiger partial charge is 0.496 e. The van der Waals surface area contributed by atoms with Gasteiger partial charge in [-0.1, -0.05) is 40.2 Å². The molecule has 5 rings (SSSR count). The summed E-state index contributed by atoms with van der Waals surface area (Å²) < 4.78 is 6.67. The Morgan fingerprint density at radius 2 is 1.89 bits per heavy atom. The van der Waals surface area contributed by atoms with Crippen LogP contribution in [0.1, 0.15) is 52.9 Å². The summed E-state index contributed by atoms with van der Waals surface area (Å²) in [6, 6.07) is 18.9. The standard InChI is InChI=1S/C23H22BrN3O/c1-28-20-10-9-16(13-19(20)14-7-8-14)23(15-4-2-5-17(24)12-15)21-18(22(25)27-23)6-3-11-26-21/h2-6,9-14,22,27H,7-8,25H2,1H3. The Labute approximate surface area is 173 Å². The second kappa shape index (κ2) is 6.69. The van der Waals surface area contributed by atoms with Gasteiger partial charge in [-0.05, 0) is 65.8 Å². The van der Waals surface area contributed by atoms with Crippen LogP contribution in [0.2, 0.25) is 0 Å². The van der Waals surface area contributed by atoms with Crippen molar-refractivity contribution in [3.8, 4) is 5.75 Å². The smallest absolute Gasteiger partial charge is 0.122 e. The highest BCUT2D eigenvalue weighted by atomic mass is 79.9. The van der Waals surface area contributed by atoms with Gasteiger partial charge in [0.1, 0.15) is 11.3 Å². The number of nitrogens with two attached hydrogens (primary N) is 1. The first kappa shape index (κ1) is 17.9. The van der Waals surface area contributed by atoms with Gasteiger partial charge in [-0.2, -0.15) is 0 Å². The summed E-state index contributed by atoms with van der Waals surface area (Å²) in [6.45, 7) is 0. The molecular formula is C23H22BrN3O. The van der Waals surface area contributed by atoms with Crippen LogP contribution in [0.25, 0.3) is 0 Å². The summed E-state index contributed by atoms with van der Waals surface area (Å²) >= 11 is 3.63. The summed E-state index contributed by atoms with van der Waals surface area (Å²) in [5.74, 6) is 1.53. The van der Waals surface area contributed by atoms with Crippen LogP contribution in [-0.4, -0.2) is 12.1 Å². The Hall–Kier alpha value is -2.21. The first-order chi connectivity index (χ1) is 13.6. The minimum atomic E-state index is -0.601. The molecule has 2 unspecified atom stereocenters.